The summed E-state index contributed by atoms with van der Waals surface area (Å²) in [5, 5.41) is 0. The Balaban J connectivity index is 1.50. The van der Waals surface area contributed by atoms with Gasteiger partial charge < -0.3 is 4.90 Å². The number of carbonyl (C=O) groups excluding carboxylic acids is 2. The Morgan fingerprint density at radius 2 is 1.98 bits per heavy atom. The van der Waals surface area contributed by atoms with Crippen LogP contribution in [-0.4, -0.2) is 25.2 Å². The first-order chi connectivity index (χ1) is 19.2. The van der Waals surface area contributed by atoms with Crippen molar-refractivity contribution < 1.29 is 14.0 Å². The highest BCUT2D eigenvalue weighted by molar-refractivity contribution is 6.27. The smallest absolute Gasteiger partial charge is 0.192 e. The Morgan fingerprint density at radius 1 is 1.23 bits per heavy atom. The van der Waals surface area contributed by atoms with Gasteiger partial charge in [-0.1, -0.05) is 68.7 Å². The summed E-state index contributed by atoms with van der Waals surface area (Å²) in [5.74, 6) is -0.537. The monoisotopic (exact) mass is 541 g/mol. The maximum Gasteiger partial charge on any atom is 0.192 e. The van der Waals surface area contributed by atoms with Crippen molar-refractivity contribution in [2.75, 3.05) is 18.5 Å². The third kappa shape index (κ3) is 8.48. The lowest BCUT2D eigenvalue weighted by atomic mass is 9.85. The van der Waals surface area contributed by atoms with E-state index in [1.165, 1.54) is 36.1 Å². The van der Waals surface area contributed by atoms with Crippen LogP contribution >= 0.6 is 0 Å². The van der Waals surface area contributed by atoms with Gasteiger partial charge in [-0.05, 0) is 105 Å². The van der Waals surface area contributed by atoms with E-state index in [-0.39, 0.29) is 17.1 Å². The normalized spacial score (nSPS) is 17.8. The number of benzene rings is 1. The number of Topliss-reactive ketones (excluding diaryl/α,β-unsaturated/α-hetero) is 2. The summed E-state index contributed by atoms with van der Waals surface area (Å²) < 4.78 is 13.6. The highest BCUT2D eigenvalue weighted by atomic mass is 19.1. The maximum atomic E-state index is 13.6. The van der Waals surface area contributed by atoms with Gasteiger partial charge in [0.1, 0.15) is 5.83 Å². The van der Waals surface area contributed by atoms with Crippen LogP contribution < -0.4 is 4.90 Å². The number of halogens is 1. The predicted octanol–water partition coefficient (Wildman–Crippen LogP) is 8.55. The molecule has 1 atom stereocenters. The molecule has 0 amide bonds. The lowest BCUT2D eigenvalue weighted by Gasteiger charge is -2.24. The van der Waals surface area contributed by atoms with Gasteiger partial charge in [0.15, 0.2) is 11.6 Å². The van der Waals surface area contributed by atoms with E-state index < -0.39 is 11.7 Å². The SMILES string of the molecule is C=C/C(F)=C(C)\C=C\CC1C=CC=C(C(=O)C(=C)CCCc2ccc(N(C)CCC3CC=CC3)c(CC)c2)C1=O. The maximum absolute atomic E-state index is 13.6. The van der Waals surface area contributed by atoms with Crippen LogP contribution in [0.25, 0.3) is 0 Å². The van der Waals surface area contributed by atoms with Crippen molar-refractivity contribution in [3.05, 3.63) is 114 Å². The fourth-order valence-electron chi connectivity index (χ4n) is 5.33. The number of carbonyl (C=O) groups is 2. The van der Waals surface area contributed by atoms with Crippen LogP contribution in [0.1, 0.15) is 63.5 Å². The van der Waals surface area contributed by atoms with Crippen molar-refractivity contribution in [2.24, 2.45) is 11.8 Å². The predicted molar refractivity (Wildman–Crippen MR) is 166 cm³/mol. The zero-order chi connectivity index (χ0) is 29.1. The minimum absolute atomic E-state index is 0.185. The Bertz CT molecular complexity index is 1250. The quantitative estimate of drug-likeness (QED) is 0.0966. The van der Waals surface area contributed by atoms with Crippen molar-refractivity contribution in [3.63, 3.8) is 0 Å². The summed E-state index contributed by atoms with van der Waals surface area (Å²) in [5.41, 5.74) is 5.01. The van der Waals surface area contributed by atoms with Gasteiger partial charge in [-0.3, -0.25) is 9.59 Å². The van der Waals surface area contributed by atoms with Crippen LogP contribution in [0.15, 0.2) is 103 Å². The van der Waals surface area contributed by atoms with E-state index in [0.717, 1.165) is 37.8 Å². The van der Waals surface area contributed by atoms with Crippen LogP contribution in [0.4, 0.5) is 10.1 Å². The number of hydrogen-bond acceptors (Lipinski definition) is 3. The first kappa shape index (κ1) is 31.0. The Hall–Kier alpha value is -3.53. The molecule has 2 aliphatic rings. The standard InChI is InChI=1S/C36H44FNO2/c1-6-30-25-29(21-22-34(30)38(5)24-23-28-15-8-9-16-28)17-10-14-27(4)35(39)32-20-12-19-31(36(32)40)18-11-13-26(3)33(37)7-2/h7-9,11-13,19-22,25,28,31H,2,4,6,10,14-18,23-24H2,1,3,5H3/b13-11+,33-26+. The second kappa shape index (κ2) is 15.3. The van der Waals surface area contributed by atoms with E-state index in [1.54, 1.807) is 37.3 Å². The van der Waals surface area contributed by atoms with E-state index in [2.05, 4.69) is 62.4 Å². The second-order valence-corrected chi connectivity index (χ2v) is 10.9. The third-order valence-electron chi connectivity index (χ3n) is 7.95. The van der Waals surface area contributed by atoms with Crippen LogP contribution in [0.3, 0.4) is 0 Å². The summed E-state index contributed by atoms with van der Waals surface area (Å²) in [6.07, 6.45) is 21.5. The third-order valence-corrected chi connectivity index (χ3v) is 7.95. The van der Waals surface area contributed by atoms with Crippen LogP contribution in [-0.2, 0) is 22.4 Å². The van der Waals surface area contributed by atoms with Crippen molar-refractivity contribution >= 4 is 17.3 Å². The molecule has 0 N–H and O–H groups in total. The molecule has 1 aromatic carbocycles. The van der Waals surface area contributed by atoms with E-state index >= 15 is 0 Å². The summed E-state index contributed by atoms with van der Waals surface area (Å²) in [6.45, 7) is 12.3. The van der Waals surface area contributed by atoms with E-state index in [9.17, 15) is 14.0 Å². The van der Waals surface area contributed by atoms with E-state index in [4.69, 9.17) is 0 Å². The van der Waals surface area contributed by atoms with Gasteiger partial charge >= 0.3 is 0 Å². The minimum atomic E-state index is -0.438. The number of allylic oxidation sites excluding steroid dienone is 12. The number of nitrogens with zero attached hydrogens (tertiary/aromatic N) is 1. The fraction of sp³-hybridized carbons (Fsp3) is 0.389. The van der Waals surface area contributed by atoms with Gasteiger partial charge in [0.25, 0.3) is 0 Å². The molecule has 0 saturated heterocycles. The van der Waals surface area contributed by atoms with Gasteiger partial charge in [-0.15, -0.1) is 0 Å². The van der Waals surface area contributed by atoms with Crippen LogP contribution in [0, 0.1) is 11.8 Å². The molecular weight excluding hydrogens is 497 g/mol. The molecule has 0 aliphatic heterocycles. The lowest BCUT2D eigenvalue weighted by Crippen LogP contribution is -2.23. The number of aryl methyl sites for hydroxylation is 2. The van der Waals surface area contributed by atoms with Gasteiger partial charge in [-0.25, -0.2) is 4.39 Å². The number of anilines is 1. The summed E-state index contributed by atoms with van der Waals surface area (Å²) in [4.78, 5) is 28.4. The first-order valence-electron chi connectivity index (χ1n) is 14.5. The second-order valence-electron chi connectivity index (χ2n) is 10.9. The van der Waals surface area contributed by atoms with Gasteiger partial charge in [-0.2, -0.15) is 0 Å². The molecule has 212 valence electrons. The van der Waals surface area contributed by atoms with E-state index in [0.29, 0.717) is 24.0 Å². The average molecular weight is 542 g/mol. The molecule has 0 fully saturated rings. The fourth-order valence-corrected chi connectivity index (χ4v) is 5.33. The van der Waals surface area contributed by atoms with Gasteiger partial charge in [0, 0.05) is 25.2 Å². The largest absolute Gasteiger partial charge is 0.374 e. The Kier molecular flexibility index (Phi) is 11.9. The van der Waals surface area contributed by atoms with Crippen LogP contribution in [0.5, 0.6) is 0 Å². The molecule has 1 unspecified atom stereocenters. The number of ketones is 2. The Labute approximate surface area is 240 Å². The summed E-state index contributed by atoms with van der Waals surface area (Å²) in [7, 11) is 2.18. The highest BCUT2D eigenvalue weighted by Crippen LogP contribution is 2.27. The van der Waals surface area contributed by atoms with Crippen molar-refractivity contribution in [2.45, 2.75) is 65.2 Å². The summed E-state index contributed by atoms with van der Waals surface area (Å²) >= 11 is 0. The number of rotatable bonds is 15. The Morgan fingerprint density at radius 3 is 2.67 bits per heavy atom. The van der Waals surface area contributed by atoms with Crippen molar-refractivity contribution in [1.29, 1.82) is 0 Å². The summed E-state index contributed by atoms with van der Waals surface area (Å²) in [6, 6.07) is 6.72. The molecule has 2 aliphatic carbocycles. The minimum Gasteiger partial charge on any atom is -0.374 e. The molecular formula is C36H44FNO2. The van der Waals surface area contributed by atoms with Gasteiger partial charge in [0.05, 0.1) is 5.57 Å². The highest BCUT2D eigenvalue weighted by Gasteiger charge is 2.27. The average Bonchev–Trinajstić information content (AvgIpc) is 3.49. The molecule has 0 heterocycles. The molecule has 0 saturated carbocycles. The van der Waals surface area contributed by atoms with E-state index in [1.807, 2.05) is 0 Å². The molecule has 0 spiro atoms. The zero-order valence-electron chi connectivity index (χ0n) is 24.4. The molecule has 0 aromatic heterocycles. The number of hydrogen-bond donors (Lipinski definition) is 0. The zero-order valence-corrected chi connectivity index (χ0v) is 24.4. The molecule has 0 bridgehead atoms. The first-order valence-corrected chi connectivity index (χ1v) is 14.5. The molecule has 1 aromatic rings. The van der Waals surface area contributed by atoms with Gasteiger partial charge in [0.2, 0.25) is 0 Å². The van der Waals surface area contributed by atoms with Crippen LogP contribution in [0.2, 0.25) is 0 Å². The molecule has 40 heavy (non-hydrogen) atoms. The molecule has 0 radical (unpaired) electrons. The molecule has 3 rings (SSSR count). The van der Waals surface area contributed by atoms with Crippen molar-refractivity contribution in [3.8, 4) is 0 Å². The molecule has 3 nitrogen and oxygen atoms in total. The van der Waals surface area contributed by atoms with Crippen molar-refractivity contribution in [1.82, 2.24) is 0 Å². The molecule has 4 heteroatoms. The topological polar surface area (TPSA) is 37.4 Å². The lowest BCUT2D eigenvalue weighted by molar-refractivity contribution is -0.121.